The number of ether oxygens (including phenoxy) is 1. The number of nitrogens with one attached hydrogen (secondary N) is 1. The lowest BCUT2D eigenvalue weighted by molar-refractivity contribution is -0.152. The molecule has 5 heteroatoms. The van der Waals surface area contributed by atoms with Gasteiger partial charge in [-0.2, -0.15) is 0 Å². The van der Waals surface area contributed by atoms with E-state index in [-0.39, 0.29) is 6.61 Å². The van der Waals surface area contributed by atoms with Crippen LogP contribution in [-0.4, -0.2) is 23.5 Å². The molecule has 0 saturated heterocycles. The molecule has 1 amide bonds. The maximum atomic E-state index is 11.5. The van der Waals surface area contributed by atoms with Gasteiger partial charge in [-0.25, -0.2) is 9.78 Å². The molecule has 0 aliphatic carbocycles. The number of carbonyl (C=O) groups excluding carboxylic acids is 2. The Kier molecular flexibility index (Phi) is 3.52. The lowest BCUT2D eigenvalue weighted by Gasteiger charge is -2.06. The van der Waals surface area contributed by atoms with E-state index in [9.17, 15) is 9.59 Å². The molecule has 1 N–H and O–H groups in total. The Morgan fingerprint density at radius 3 is 2.83 bits per heavy atom. The molecule has 0 aliphatic rings. The predicted molar refractivity (Wildman–Crippen MR) is 67.0 cm³/mol. The van der Waals surface area contributed by atoms with Gasteiger partial charge in [0.2, 0.25) is 0 Å². The summed E-state index contributed by atoms with van der Waals surface area (Å²) in [6.45, 7) is 1.80. The molecule has 2 aromatic rings. The first kappa shape index (κ1) is 12.0. The Bertz CT molecular complexity index is 590. The smallest absolute Gasteiger partial charge is 0.397 e. The van der Waals surface area contributed by atoms with Crippen LogP contribution in [0, 0.1) is 0 Å². The minimum atomic E-state index is -0.910. The molecule has 1 heterocycles. The molecule has 2 rings (SSSR count). The van der Waals surface area contributed by atoms with E-state index in [1.54, 1.807) is 13.1 Å². The van der Waals surface area contributed by atoms with Crippen molar-refractivity contribution in [3.05, 3.63) is 36.5 Å². The van der Waals surface area contributed by atoms with E-state index >= 15 is 0 Å². The maximum Gasteiger partial charge on any atom is 0.397 e. The minimum Gasteiger partial charge on any atom is -0.459 e. The van der Waals surface area contributed by atoms with E-state index in [0.717, 1.165) is 10.8 Å². The molecule has 0 spiro atoms. The van der Waals surface area contributed by atoms with E-state index in [1.807, 2.05) is 30.3 Å². The number of aromatic nitrogens is 1. The molecule has 1 aromatic heterocycles. The molecule has 92 valence electrons. The molecule has 5 nitrogen and oxygen atoms in total. The molecule has 1 aromatic carbocycles. The Hall–Kier alpha value is -2.43. The van der Waals surface area contributed by atoms with Crippen molar-refractivity contribution in [3.8, 4) is 0 Å². The van der Waals surface area contributed by atoms with Gasteiger partial charge in [0.05, 0.1) is 6.61 Å². The number of nitrogens with zero attached hydrogens (tertiary/aromatic N) is 1. The van der Waals surface area contributed by atoms with E-state index in [0.29, 0.717) is 5.82 Å². The zero-order valence-electron chi connectivity index (χ0n) is 9.84. The third-order valence-corrected chi connectivity index (χ3v) is 2.37. The van der Waals surface area contributed by atoms with Gasteiger partial charge in [-0.05, 0) is 18.4 Å². The summed E-state index contributed by atoms with van der Waals surface area (Å²) in [5, 5.41) is 4.16. The van der Waals surface area contributed by atoms with E-state index in [4.69, 9.17) is 0 Å². The molecule has 0 fully saturated rings. The molecule has 18 heavy (non-hydrogen) atoms. The van der Waals surface area contributed by atoms with Gasteiger partial charge in [0.1, 0.15) is 5.82 Å². The van der Waals surface area contributed by atoms with Gasteiger partial charge >= 0.3 is 11.9 Å². The summed E-state index contributed by atoms with van der Waals surface area (Å²) >= 11 is 0. The lowest BCUT2D eigenvalue weighted by atomic mass is 10.1. The summed E-state index contributed by atoms with van der Waals surface area (Å²) in [4.78, 5) is 26.8. The second-order valence-corrected chi connectivity index (χ2v) is 3.56. The minimum absolute atomic E-state index is 0.162. The molecular weight excluding hydrogens is 232 g/mol. The van der Waals surface area contributed by atoms with Crippen LogP contribution in [0.4, 0.5) is 5.82 Å². The molecular formula is C13H12N2O3. The number of anilines is 1. The van der Waals surface area contributed by atoms with Crippen LogP contribution in [0.2, 0.25) is 0 Å². The summed E-state index contributed by atoms with van der Waals surface area (Å²) in [6, 6.07) is 9.28. The van der Waals surface area contributed by atoms with E-state index in [1.165, 1.54) is 0 Å². The Balaban J connectivity index is 2.27. The third-order valence-electron chi connectivity index (χ3n) is 2.37. The van der Waals surface area contributed by atoms with Crippen LogP contribution in [-0.2, 0) is 14.3 Å². The standard InChI is InChI=1S/C13H12N2O3/c1-2-18-13(17)12(16)15-11-10-6-4-3-5-9(10)7-8-14-11/h3-8H,2H2,1H3,(H,14,15,16). The summed E-state index contributed by atoms with van der Waals surface area (Å²) in [5.74, 6) is -1.38. The Labute approximate surface area is 104 Å². The fourth-order valence-corrected chi connectivity index (χ4v) is 1.57. The highest BCUT2D eigenvalue weighted by Gasteiger charge is 2.16. The number of hydrogen-bond donors (Lipinski definition) is 1. The Morgan fingerprint density at radius 2 is 2.06 bits per heavy atom. The van der Waals surface area contributed by atoms with E-state index < -0.39 is 11.9 Å². The van der Waals surface area contributed by atoms with Crippen LogP contribution >= 0.6 is 0 Å². The lowest BCUT2D eigenvalue weighted by Crippen LogP contribution is -2.25. The predicted octanol–water partition coefficient (Wildman–Crippen LogP) is 1.74. The van der Waals surface area contributed by atoms with Crippen molar-refractivity contribution < 1.29 is 14.3 Å². The quantitative estimate of drug-likeness (QED) is 0.645. The van der Waals surface area contributed by atoms with Gasteiger partial charge < -0.3 is 10.1 Å². The fraction of sp³-hybridized carbons (Fsp3) is 0.154. The third kappa shape index (κ3) is 2.45. The van der Waals surface area contributed by atoms with Gasteiger partial charge in [0.25, 0.3) is 0 Å². The second kappa shape index (κ2) is 5.27. The summed E-state index contributed by atoms with van der Waals surface area (Å²) in [7, 11) is 0. The van der Waals surface area contributed by atoms with Crippen LogP contribution in [0.3, 0.4) is 0 Å². The topological polar surface area (TPSA) is 68.3 Å². The number of pyridine rings is 1. The molecule has 0 bridgehead atoms. The highest BCUT2D eigenvalue weighted by Crippen LogP contribution is 2.20. The largest absolute Gasteiger partial charge is 0.459 e. The molecule has 0 aliphatic heterocycles. The number of fused-ring (bicyclic) bond motifs is 1. The Morgan fingerprint density at radius 1 is 1.28 bits per heavy atom. The number of rotatable bonds is 2. The van der Waals surface area contributed by atoms with Crippen molar-refractivity contribution in [2.45, 2.75) is 6.92 Å². The van der Waals surface area contributed by atoms with Crippen molar-refractivity contribution in [3.63, 3.8) is 0 Å². The number of esters is 1. The zero-order valence-corrected chi connectivity index (χ0v) is 9.84. The summed E-state index contributed by atoms with van der Waals surface area (Å²) < 4.78 is 4.61. The normalized spacial score (nSPS) is 10.1. The van der Waals surface area contributed by atoms with Crippen molar-refractivity contribution in [1.82, 2.24) is 4.98 Å². The number of amides is 1. The first-order valence-corrected chi connectivity index (χ1v) is 5.54. The molecule has 0 atom stereocenters. The van der Waals surface area contributed by atoms with Crippen molar-refractivity contribution in [1.29, 1.82) is 0 Å². The number of carbonyl (C=O) groups is 2. The average molecular weight is 244 g/mol. The van der Waals surface area contributed by atoms with Crippen molar-refractivity contribution in [2.24, 2.45) is 0 Å². The zero-order chi connectivity index (χ0) is 13.0. The molecule has 0 unspecified atom stereocenters. The maximum absolute atomic E-state index is 11.5. The SMILES string of the molecule is CCOC(=O)C(=O)Nc1nccc2ccccc12. The number of benzene rings is 1. The van der Waals surface area contributed by atoms with Crippen LogP contribution < -0.4 is 5.32 Å². The number of hydrogen-bond acceptors (Lipinski definition) is 4. The van der Waals surface area contributed by atoms with Gasteiger partial charge in [-0.1, -0.05) is 24.3 Å². The second-order valence-electron chi connectivity index (χ2n) is 3.56. The molecule has 0 saturated carbocycles. The highest BCUT2D eigenvalue weighted by molar-refractivity contribution is 6.37. The fourth-order valence-electron chi connectivity index (χ4n) is 1.57. The van der Waals surface area contributed by atoms with E-state index in [2.05, 4.69) is 15.0 Å². The van der Waals surface area contributed by atoms with Gasteiger partial charge in [0, 0.05) is 11.6 Å². The highest BCUT2D eigenvalue weighted by atomic mass is 16.5. The first-order valence-electron chi connectivity index (χ1n) is 5.54. The average Bonchev–Trinajstić information content (AvgIpc) is 2.39. The van der Waals surface area contributed by atoms with Crippen LogP contribution in [0.25, 0.3) is 10.8 Å². The van der Waals surface area contributed by atoms with Crippen LogP contribution in [0.5, 0.6) is 0 Å². The summed E-state index contributed by atoms with van der Waals surface area (Å²) in [6.07, 6.45) is 1.57. The van der Waals surface area contributed by atoms with Crippen molar-refractivity contribution >= 4 is 28.5 Å². The van der Waals surface area contributed by atoms with Gasteiger partial charge in [-0.15, -0.1) is 0 Å². The summed E-state index contributed by atoms with van der Waals surface area (Å²) in [5.41, 5.74) is 0. The van der Waals surface area contributed by atoms with Gasteiger partial charge in [0.15, 0.2) is 0 Å². The monoisotopic (exact) mass is 244 g/mol. The first-order chi connectivity index (χ1) is 8.72. The van der Waals surface area contributed by atoms with Crippen LogP contribution in [0.15, 0.2) is 36.5 Å². The van der Waals surface area contributed by atoms with Gasteiger partial charge in [-0.3, -0.25) is 4.79 Å². The molecule has 0 radical (unpaired) electrons. The van der Waals surface area contributed by atoms with Crippen LogP contribution in [0.1, 0.15) is 6.92 Å². The van der Waals surface area contributed by atoms with Crippen molar-refractivity contribution in [2.75, 3.05) is 11.9 Å².